The molecule has 0 bridgehead atoms. The van der Waals surface area contributed by atoms with Gasteiger partial charge in [-0.25, -0.2) is 0 Å². The fraction of sp³-hybridized carbons (Fsp3) is 0.588. The van der Waals surface area contributed by atoms with Gasteiger partial charge in [0.15, 0.2) is 0 Å². The van der Waals surface area contributed by atoms with Gasteiger partial charge in [-0.2, -0.15) is 12.6 Å². The second-order valence-corrected chi connectivity index (χ2v) is 6.70. The summed E-state index contributed by atoms with van der Waals surface area (Å²) in [5.41, 5.74) is 0.496. The van der Waals surface area contributed by atoms with Gasteiger partial charge in [0.25, 0.3) is 0 Å². The van der Waals surface area contributed by atoms with E-state index in [-0.39, 0.29) is 29.3 Å². The van der Waals surface area contributed by atoms with Gasteiger partial charge >= 0.3 is 5.97 Å². The van der Waals surface area contributed by atoms with Crippen LogP contribution >= 0.6 is 24.2 Å². The van der Waals surface area contributed by atoms with Crippen LogP contribution in [-0.2, 0) is 16.0 Å². The van der Waals surface area contributed by atoms with Gasteiger partial charge in [-0.05, 0) is 31.7 Å². The molecule has 2 unspecified atom stereocenters. The van der Waals surface area contributed by atoms with Gasteiger partial charge in [0.05, 0.1) is 11.4 Å². The number of hydrogen-bond acceptors (Lipinski definition) is 4. The highest BCUT2D eigenvalue weighted by atomic mass is 35.5. The smallest absolute Gasteiger partial charge is 0.310 e. The van der Waals surface area contributed by atoms with Crippen molar-refractivity contribution in [2.24, 2.45) is 0 Å². The Bertz CT molecular complexity index is 479. The van der Waals surface area contributed by atoms with E-state index in [0.717, 1.165) is 25.7 Å². The van der Waals surface area contributed by atoms with E-state index in [2.05, 4.69) is 26.5 Å². The number of para-hydroxylation sites is 1. The van der Waals surface area contributed by atoms with Gasteiger partial charge in [-0.15, -0.1) is 0 Å². The molecule has 1 fully saturated rings. The van der Waals surface area contributed by atoms with Crippen molar-refractivity contribution in [2.75, 3.05) is 0 Å². The first-order valence-corrected chi connectivity index (χ1v) is 8.71. The average Bonchev–Trinajstić information content (AvgIpc) is 2.45. The van der Waals surface area contributed by atoms with Crippen molar-refractivity contribution in [3.63, 3.8) is 0 Å². The van der Waals surface area contributed by atoms with Gasteiger partial charge in [0.1, 0.15) is 11.9 Å². The molecule has 124 valence electrons. The van der Waals surface area contributed by atoms with E-state index in [1.807, 2.05) is 0 Å². The van der Waals surface area contributed by atoms with Crippen LogP contribution < -0.4 is 0 Å². The van der Waals surface area contributed by atoms with Crippen molar-refractivity contribution < 1.29 is 14.6 Å². The zero-order valence-electron chi connectivity index (χ0n) is 13.2. The Morgan fingerprint density at radius 2 is 2.09 bits per heavy atom. The molecule has 3 nitrogen and oxygen atoms in total. The van der Waals surface area contributed by atoms with Crippen molar-refractivity contribution in [1.29, 1.82) is 0 Å². The molecular weight excluding hydrogens is 320 g/mol. The Morgan fingerprint density at radius 3 is 2.73 bits per heavy atom. The lowest BCUT2D eigenvalue weighted by Crippen LogP contribution is -2.26. The monoisotopic (exact) mass is 344 g/mol. The van der Waals surface area contributed by atoms with Crippen LogP contribution in [0.2, 0.25) is 5.02 Å². The molecule has 1 aromatic rings. The van der Waals surface area contributed by atoms with E-state index >= 15 is 0 Å². The Kier molecular flexibility index (Phi) is 8.72. The van der Waals surface area contributed by atoms with Crippen molar-refractivity contribution >= 4 is 30.2 Å². The lowest BCUT2D eigenvalue weighted by atomic mass is 9.97. The van der Waals surface area contributed by atoms with Crippen LogP contribution in [0.15, 0.2) is 18.2 Å². The molecule has 1 N–H and O–H groups in total. The fourth-order valence-corrected chi connectivity index (χ4v) is 2.92. The quantitative estimate of drug-likeness (QED) is 0.612. The summed E-state index contributed by atoms with van der Waals surface area (Å²) in [6.45, 7) is 4.25. The number of phenols is 1. The molecule has 0 saturated heterocycles. The molecule has 1 aliphatic rings. The number of phenolic OH excluding ortho intramolecular Hbond substituents is 1. The van der Waals surface area contributed by atoms with Crippen LogP contribution in [-0.4, -0.2) is 22.4 Å². The van der Waals surface area contributed by atoms with Gasteiger partial charge in [0.2, 0.25) is 0 Å². The molecule has 1 aromatic carbocycles. The number of benzene rings is 1. The number of halogens is 1. The van der Waals surface area contributed by atoms with E-state index < -0.39 is 0 Å². The third kappa shape index (κ3) is 6.49. The summed E-state index contributed by atoms with van der Waals surface area (Å²) < 4.78 is 5.42. The van der Waals surface area contributed by atoms with E-state index in [1.54, 1.807) is 18.2 Å². The van der Waals surface area contributed by atoms with Crippen LogP contribution in [0.5, 0.6) is 5.75 Å². The molecule has 0 amide bonds. The number of ether oxygens (including phenoxy) is 1. The zero-order valence-corrected chi connectivity index (χ0v) is 14.9. The summed E-state index contributed by atoms with van der Waals surface area (Å²) in [7, 11) is 0. The lowest BCUT2D eigenvalue weighted by Gasteiger charge is -2.26. The molecule has 0 aliphatic heterocycles. The normalized spacial score (nSPS) is 20.7. The summed E-state index contributed by atoms with van der Waals surface area (Å²) in [6, 6.07) is 4.96. The third-order valence-electron chi connectivity index (χ3n) is 3.30. The fourth-order valence-electron chi connectivity index (χ4n) is 2.31. The first-order valence-electron chi connectivity index (χ1n) is 7.81. The largest absolute Gasteiger partial charge is 0.506 e. The summed E-state index contributed by atoms with van der Waals surface area (Å²) in [4.78, 5) is 11.8. The molecule has 0 heterocycles. The minimum Gasteiger partial charge on any atom is -0.506 e. The molecule has 1 saturated carbocycles. The number of carbonyl (C=O) groups excluding carboxylic acids is 1. The molecule has 5 heteroatoms. The van der Waals surface area contributed by atoms with Crippen molar-refractivity contribution in [1.82, 2.24) is 0 Å². The first kappa shape index (κ1) is 19.2. The van der Waals surface area contributed by atoms with Gasteiger partial charge in [-0.1, -0.05) is 44.0 Å². The van der Waals surface area contributed by atoms with E-state index in [9.17, 15) is 9.90 Å². The molecule has 2 rings (SSSR count). The number of hydrogen-bond donors (Lipinski definition) is 2. The Labute approximate surface area is 143 Å². The maximum Gasteiger partial charge on any atom is 0.310 e. The highest BCUT2D eigenvalue weighted by molar-refractivity contribution is 7.80. The second-order valence-electron chi connectivity index (χ2n) is 5.56. The molecule has 22 heavy (non-hydrogen) atoms. The Morgan fingerprint density at radius 1 is 1.41 bits per heavy atom. The van der Waals surface area contributed by atoms with Gasteiger partial charge in [-0.3, -0.25) is 4.79 Å². The predicted molar refractivity (Wildman–Crippen MR) is 93.9 cm³/mol. The first-order chi connectivity index (χ1) is 10.5. The van der Waals surface area contributed by atoms with E-state index in [4.69, 9.17) is 16.3 Å². The summed E-state index contributed by atoms with van der Waals surface area (Å²) >= 11 is 10.2. The molecular formula is C17H25ClO3S. The zero-order chi connectivity index (χ0) is 16.5. The second kappa shape index (κ2) is 10.0. The van der Waals surface area contributed by atoms with E-state index in [0.29, 0.717) is 10.8 Å². The SMILES string of the molecule is CCC.O=C(Cc1cccc(Cl)c1O)OC1CCCC(S)C1. The maximum absolute atomic E-state index is 11.8. The van der Waals surface area contributed by atoms with E-state index in [1.165, 1.54) is 6.42 Å². The number of thiol groups is 1. The Balaban J connectivity index is 0.000000745. The van der Waals surface area contributed by atoms with Crippen LogP contribution in [0.25, 0.3) is 0 Å². The number of aromatic hydroxyl groups is 1. The van der Waals surface area contributed by atoms with Crippen molar-refractivity contribution in [2.45, 2.75) is 63.7 Å². The lowest BCUT2D eigenvalue weighted by molar-refractivity contribution is -0.149. The third-order valence-corrected chi connectivity index (χ3v) is 4.08. The highest BCUT2D eigenvalue weighted by Crippen LogP contribution is 2.28. The summed E-state index contributed by atoms with van der Waals surface area (Å²) in [5.74, 6) is -0.373. The standard InChI is InChI=1S/C14H17ClO3S.C3H8/c15-12-6-1-3-9(14(12)17)7-13(16)18-10-4-2-5-11(19)8-10;1-3-2/h1,3,6,10-11,17,19H,2,4-5,7-8H2;3H2,1-2H3. The number of carbonyl (C=O) groups is 1. The topological polar surface area (TPSA) is 46.5 Å². The Hall–Kier alpha value is -0.870. The number of rotatable bonds is 3. The van der Waals surface area contributed by atoms with Crippen molar-refractivity contribution in [3.8, 4) is 5.75 Å². The molecule has 1 aliphatic carbocycles. The van der Waals surface area contributed by atoms with Crippen LogP contribution in [0.1, 0.15) is 51.5 Å². The predicted octanol–water partition coefficient (Wildman–Crippen LogP) is 4.79. The van der Waals surface area contributed by atoms with Crippen molar-refractivity contribution in [3.05, 3.63) is 28.8 Å². The molecule has 2 atom stereocenters. The minimum absolute atomic E-state index is 0.0418. The highest BCUT2D eigenvalue weighted by Gasteiger charge is 2.23. The maximum atomic E-state index is 11.8. The summed E-state index contributed by atoms with van der Waals surface area (Å²) in [6.07, 6.45) is 5.05. The molecule has 0 radical (unpaired) electrons. The molecule has 0 aromatic heterocycles. The number of esters is 1. The van der Waals surface area contributed by atoms with Crippen LogP contribution in [0, 0.1) is 0 Å². The molecule has 0 spiro atoms. The summed E-state index contributed by atoms with van der Waals surface area (Å²) in [5, 5.41) is 10.3. The van der Waals surface area contributed by atoms with Gasteiger partial charge < -0.3 is 9.84 Å². The van der Waals surface area contributed by atoms with Crippen LogP contribution in [0.3, 0.4) is 0 Å². The van der Waals surface area contributed by atoms with Gasteiger partial charge in [0, 0.05) is 10.8 Å². The van der Waals surface area contributed by atoms with Crippen LogP contribution in [0.4, 0.5) is 0 Å². The average molecular weight is 345 g/mol. The minimum atomic E-state index is -0.329.